The van der Waals surface area contributed by atoms with E-state index in [9.17, 15) is 9.59 Å². The Labute approximate surface area is 98.8 Å². The van der Waals surface area contributed by atoms with Crippen LogP contribution < -0.4 is 5.73 Å². The van der Waals surface area contributed by atoms with E-state index in [4.69, 9.17) is 10.8 Å². The minimum absolute atomic E-state index is 0.302. The van der Waals surface area contributed by atoms with Crippen LogP contribution in [-0.4, -0.2) is 27.9 Å². The van der Waals surface area contributed by atoms with Gasteiger partial charge in [-0.05, 0) is 11.1 Å². The smallest absolute Gasteiger partial charge is 0.305 e. The molecule has 1 aromatic rings. The number of carboxylic acid groups (broad SMARTS) is 1. The molecule has 1 atom stereocenters. The SMILES string of the molecule is NC(CC(=O)O)C(=O)N1Cc2ccccc2C1. The molecule has 0 saturated heterocycles. The van der Waals surface area contributed by atoms with Gasteiger partial charge in [-0.1, -0.05) is 24.3 Å². The molecule has 1 aliphatic rings. The van der Waals surface area contributed by atoms with Crippen molar-refractivity contribution in [2.24, 2.45) is 5.73 Å². The van der Waals surface area contributed by atoms with Crippen molar-refractivity contribution >= 4 is 11.9 Å². The van der Waals surface area contributed by atoms with Crippen molar-refractivity contribution in [3.63, 3.8) is 0 Å². The average Bonchev–Trinajstić information content (AvgIpc) is 2.70. The van der Waals surface area contributed by atoms with E-state index < -0.39 is 12.0 Å². The summed E-state index contributed by atoms with van der Waals surface area (Å²) < 4.78 is 0. The van der Waals surface area contributed by atoms with Crippen LogP contribution in [0.5, 0.6) is 0 Å². The molecule has 1 aliphatic heterocycles. The third kappa shape index (κ3) is 2.45. The molecule has 0 spiro atoms. The molecule has 0 aromatic heterocycles. The first-order chi connectivity index (χ1) is 8.08. The molecule has 1 unspecified atom stereocenters. The van der Waals surface area contributed by atoms with Gasteiger partial charge in [0.05, 0.1) is 12.5 Å². The van der Waals surface area contributed by atoms with Gasteiger partial charge in [0.25, 0.3) is 0 Å². The van der Waals surface area contributed by atoms with Crippen LogP contribution in [-0.2, 0) is 22.7 Å². The quantitative estimate of drug-likeness (QED) is 0.789. The predicted molar refractivity (Wildman–Crippen MR) is 60.9 cm³/mol. The van der Waals surface area contributed by atoms with Crippen LogP contribution in [0.1, 0.15) is 17.5 Å². The number of amides is 1. The summed E-state index contributed by atoms with van der Waals surface area (Å²) in [6.45, 7) is 1.03. The zero-order valence-corrected chi connectivity index (χ0v) is 9.30. The van der Waals surface area contributed by atoms with Crippen LogP contribution in [0.15, 0.2) is 24.3 Å². The molecular formula is C12H14N2O3. The maximum atomic E-state index is 11.9. The number of carbonyl (C=O) groups excluding carboxylic acids is 1. The van der Waals surface area contributed by atoms with Crippen LogP contribution in [0, 0.1) is 0 Å². The number of aliphatic carboxylic acids is 1. The highest BCUT2D eigenvalue weighted by Gasteiger charge is 2.27. The number of fused-ring (bicyclic) bond motifs is 1. The third-order valence-electron chi connectivity index (χ3n) is 2.86. The first-order valence-corrected chi connectivity index (χ1v) is 5.41. The Morgan fingerprint density at radius 1 is 1.29 bits per heavy atom. The summed E-state index contributed by atoms with van der Waals surface area (Å²) in [6, 6.07) is 6.81. The Morgan fingerprint density at radius 2 is 1.82 bits per heavy atom. The van der Waals surface area contributed by atoms with Gasteiger partial charge in [-0.3, -0.25) is 9.59 Å². The van der Waals surface area contributed by atoms with E-state index in [0.717, 1.165) is 11.1 Å². The fourth-order valence-electron chi connectivity index (χ4n) is 2.00. The lowest BCUT2D eigenvalue weighted by Crippen LogP contribution is -2.42. The molecule has 0 aliphatic carbocycles. The molecule has 0 bridgehead atoms. The summed E-state index contributed by atoms with van der Waals surface area (Å²) >= 11 is 0. The van der Waals surface area contributed by atoms with Crippen LogP contribution in [0.25, 0.3) is 0 Å². The maximum Gasteiger partial charge on any atom is 0.305 e. The van der Waals surface area contributed by atoms with Gasteiger partial charge >= 0.3 is 5.97 Å². The minimum atomic E-state index is -1.05. The molecule has 5 heteroatoms. The highest BCUT2D eigenvalue weighted by Crippen LogP contribution is 2.22. The number of hydrogen-bond acceptors (Lipinski definition) is 3. The second-order valence-electron chi connectivity index (χ2n) is 4.17. The molecule has 1 heterocycles. The lowest BCUT2D eigenvalue weighted by molar-refractivity contribution is -0.142. The van der Waals surface area contributed by atoms with E-state index in [1.807, 2.05) is 24.3 Å². The largest absolute Gasteiger partial charge is 0.481 e. The minimum Gasteiger partial charge on any atom is -0.481 e. The van der Waals surface area contributed by atoms with Crippen molar-refractivity contribution in [3.8, 4) is 0 Å². The Hall–Kier alpha value is -1.88. The van der Waals surface area contributed by atoms with Crippen molar-refractivity contribution in [1.29, 1.82) is 0 Å². The molecule has 90 valence electrons. The molecule has 1 amide bonds. The molecule has 3 N–H and O–H groups in total. The topological polar surface area (TPSA) is 83.6 Å². The zero-order valence-electron chi connectivity index (χ0n) is 9.30. The number of benzene rings is 1. The van der Waals surface area contributed by atoms with Gasteiger partial charge < -0.3 is 15.7 Å². The van der Waals surface area contributed by atoms with Gasteiger partial charge in [0.15, 0.2) is 0 Å². The van der Waals surface area contributed by atoms with E-state index in [2.05, 4.69) is 0 Å². The number of rotatable bonds is 3. The van der Waals surface area contributed by atoms with Gasteiger partial charge in [0, 0.05) is 13.1 Å². The number of nitrogens with two attached hydrogens (primary N) is 1. The van der Waals surface area contributed by atoms with Crippen molar-refractivity contribution in [2.45, 2.75) is 25.6 Å². The standard InChI is InChI=1S/C12H14N2O3/c13-10(5-11(15)16)12(17)14-6-8-3-1-2-4-9(8)7-14/h1-4,10H,5-7,13H2,(H,15,16). The Balaban J connectivity index is 2.03. The summed E-state index contributed by atoms with van der Waals surface area (Å²) in [5, 5.41) is 8.60. The van der Waals surface area contributed by atoms with Crippen molar-refractivity contribution in [2.75, 3.05) is 0 Å². The van der Waals surface area contributed by atoms with Gasteiger partial charge in [0.1, 0.15) is 0 Å². The van der Waals surface area contributed by atoms with Gasteiger partial charge in [0.2, 0.25) is 5.91 Å². The van der Waals surface area contributed by atoms with Crippen LogP contribution >= 0.6 is 0 Å². The first-order valence-electron chi connectivity index (χ1n) is 5.41. The lowest BCUT2D eigenvalue weighted by Gasteiger charge is -2.19. The normalized spacial score (nSPS) is 15.5. The summed E-state index contributed by atoms with van der Waals surface area (Å²) in [4.78, 5) is 24.0. The summed E-state index contributed by atoms with van der Waals surface area (Å²) in [6.07, 6.45) is -0.328. The highest BCUT2D eigenvalue weighted by molar-refractivity contribution is 5.86. The van der Waals surface area contributed by atoms with E-state index in [1.165, 1.54) is 0 Å². The summed E-state index contributed by atoms with van der Waals surface area (Å²) in [5.74, 6) is -1.36. The van der Waals surface area contributed by atoms with Gasteiger partial charge in [-0.2, -0.15) is 0 Å². The predicted octanol–water partition coefficient (Wildman–Crippen LogP) is 0.331. The Bertz CT molecular complexity index is 434. The van der Waals surface area contributed by atoms with Crippen LogP contribution in [0.2, 0.25) is 0 Å². The fourth-order valence-corrected chi connectivity index (χ4v) is 2.00. The van der Waals surface area contributed by atoms with Crippen molar-refractivity contribution in [3.05, 3.63) is 35.4 Å². The molecule has 0 fully saturated rings. The van der Waals surface area contributed by atoms with Crippen molar-refractivity contribution < 1.29 is 14.7 Å². The average molecular weight is 234 g/mol. The number of carboxylic acids is 1. The fraction of sp³-hybridized carbons (Fsp3) is 0.333. The number of hydrogen-bond donors (Lipinski definition) is 2. The Morgan fingerprint density at radius 3 is 2.29 bits per heavy atom. The third-order valence-corrected chi connectivity index (χ3v) is 2.86. The molecule has 1 aromatic carbocycles. The number of carbonyl (C=O) groups is 2. The maximum absolute atomic E-state index is 11.9. The van der Waals surface area contributed by atoms with Crippen LogP contribution in [0.3, 0.4) is 0 Å². The lowest BCUT2D eigenvalue weighted by atomic mass is 10.1. The monoisotopic (exact) mass is 234 g/mol. The van der Waals surface area contributed by atoms with Crippen molar-refractivity contribution in [1.82, 2.24) is 4.90 Å². The van der Waals surface area contributed by atoms with E-state index in [1.54, 1.807) is 4.90 Å². The molecule has 17 heavy (non-hydrogen) atoms. The molecule has 2 rings (SSSR count). The van der Waals surface area contributed by atoms with E-state index in [-0.39, 0.29) is 12.3 Å². The second kappa shape index (κ2) is 4.55. The van der Waals surface area contributed by atoms with Gasteiger partial charge in [-0.15, -0.1) is 0 Å². The second-order valence-corrected chi connectivity index (χ2v) is 4.17. The molecule has 5 nitrogen and oxygen atoms in total. The highest BCUT2D eigenvalue weighted by atomic mass is 16.4. The zero-order chi connectivity index (χ0) is 12.4. The molecule has 0 radical (unpaired) electrons. The van der Waals surface area contributed by atoms with E-state index in [0.29, 0.717) is 13.1 Å². The summed E-state index contributed by atoms with van der Waals surface area (Å²) in [7, 11) is 0. The molecule has 0 saturated carbocycles. The van der Waals surface area contributed by atoms with E-state index >= 15 is 0 Å². The first kappa shape index (κ1) is 11.6. The number of nitrogens with zero attached hydrogens (tertiary/aromatic N) is 1. The Kier molecular flexibility index (Phi) is 3.10. The summed E-state index contributed by atoms with van der Waals surface area (Å²) in [5.41, 5.74) is 7.76. The van der Waals surface area contributed by atoms with Gasteiger partial charge in [-0.25, -0.2) is 0 Å². The van der Waals surface area contributed by atoms with Crippen LogP contribution in [0.4, 0.5) is 0 Å². The molecular weight excluding hydrogens is 220 g/mol.